The third kappa shape index (κ3) is 3.27. The molecule has 1 aliphatic rings. The number of aryl methyl sites for hydroxylation is 2. The van der Waals surface area contributed by atoms with Crippen LogP contribution in [0.1, 0.15) is 32.3 Å². The highest BCUT2D eigenvalue weighted by Crippen LogP contribution is 2.28. The Labute approximate surface area is 131 Å². The molecular formula is C16H25N5O. The number of rotatable bonds is 2. The molecule has 0 saturated carbocycles. The first-order valence-electron chi connectivity index (χ1n) is 7.95. The smallest absolute Gasteiger partial charge is 0.142 e. The zero-order valence-electron chi connectivity index (χ0n) is 13.9. The van der Waals surface area contributed by atoms with Crippen molar-refractivity contribution in [3.8, 4) is 0 Å². The molecule has 22 heavy (non-hydrogen) atoms. The SMILES string of the molecule is CC.CCc1nc(N)cc2nc(C)nc(N3CCOCC3)c12. The molecule has 0 unspecified atom stereocenters. The molecular weight excluding hydrogens is 278 g/mol. The summed E-state index contributed by atoms with van der Waals surface area (Å²) in [6, 6.07) is 1.83. The lowest BCUT2D eigenvalue weighted by atomic mass is 10.1. The number of fused-ring (bicyclic) bond motifs is 1. The number of anilines is 2. The van der Waals surface area contributed by atoms with Crippen LogP contribution in [0.25, 0.3) is 10.9 Å². The zero-order valence-corrected chi connectivity index (χ0v) is 13.9. The lowest BCUT2D eigenvalue weighted by Crippen LogP contribution is -2.37. The molecule has 6 nitrogen and oxygen atoms in total. The first-order valence-corrected chi connectivity index (χ1v) is 7.95. The van der Waals surface area contributed by atoms with Gasteiger partial charge in [-0.2, -0.15) is 0 Å². The van der Waals surface area contributed by atoms with Crippen LogP contribution < -0.4 is 10.6 Å². The summed E-state index contributed by atoms with van der Waals surface area (Å²) >= 11 is 0. The second kappa shape index (κ2) is 7.35. The molecule has 2 N–H and O–H groups in total. The van der Waals surface area contributed by atoms with Gasteiger partial charge in [-0.25, -0.2) is 15.0 Å². The molecule has 0 amide bonds. The Kier molecular flexibility index (Phi) is 5.49. The van der Waals surface area contributed by atoms with Crippen LogP contribution in [-0.2, 0) is 11.2 Å². The average Bonchev–Trinajstić information content (AvgIpc) is 2.55. The molecule has 1 aliphatic heterocycles. The minimum absolute atomic E-state index is 0.514. The van der Waals surface area contributed by atoms with Crippen molar-refractivity contribution >= 4 is 22.5 Å². The van der Waals surface area contributed by atoms with Crippen molar-refractivity contribution in [1.82, 2.24) is 15.0 Å². The lowest BCUT2D eigenvalue weighted by molar-refractivity contribution is 0.122. The van der Waals surface area contributed by atoms with E-state index in [-0.39, 0.29) is 0 Å². The molecule has 0 atom stereocenters. The maximum absolute atomic E-state index is 5.87. The van der Waals surface area contributed by atoms with Crippen molar-refractivity contribution in [3.63, 3.8) is 0 Å². The summed E-state index contributed by atoms with van der Waals surface area (Å²) in [5.74, 6) is 2.23. The normalized spacial score (nSPS) is 14.6. The molecule has 3 heterocycles. The number of morpholine rings is 1. The molecule has 0 aliphatic carbocycles. The van der Waals surface area contributed by atoms with E-state index in [9.17, 15) is 0 Å². The maximum atomic E-state index is 5.87. The average molecular weight is 303 g/mol. The molecule has 0 radical (unpaired) electrons. The van der Waals surface area contributed by atoms with E-state index >= 15 is 0 Å². The van der Waals surface area contributed by atoms with E-state index in [1.807, 2.05) is 26.8 Å². The number of aromatic nitrogens is 3. The van der Waals surface area contributed by atoms with E-state index in [2.05, 4.69) is 26.8 Å². The number of pyridine rings is 1. The monoisotopic (exact) mass is 303 g/mol. The molecule has 2 aromatic rings. The van der Waals surface area contributed by atoms with Crippen molar-refractivity contribution in [2.24, 2.45) is 0 Å². The summed E-state index contributed by atoms with van der Waals surface area (Å²) in [7, 11) is 0. The van der Waals surface area contributed by atoms with Crippen molar-refractivity contribution in [2.75, 3.05) is 36.9 Å². The van der Waals surface area contributed by atoms with Gasteiger partial charge in [-0.05, 0) is 13.3 Å². The topological polar surface area (TPSA) is 77.2 Å². The molecule has 0 aromatic carbocycles. The minimum atomic E-state index is 0.514. The van der Waals surface area contributed by atoms with Gasteiger partial charge in [0.2, 0.25) is 0 Å². The van der Waals surface area contributed by atoms with Gasteiger partial charge in [-0.3, -0.25) is 0 Å². The number of nitrogens with zero attached hydrogens (tertiary/aromatic N) is 4. The van der Waals surface area contributed by atoms with Crippen LogP contribution in [0.5, 0.6) is 0 Å². The van der Waals surface area contributed by atoms with E-state index in [0.717, 1.165) is 61.0 Å². The van der Waals surface area contributed by atoms with Gasteiger partial charge >= 0.3 is 0 Å². The summed E-state index contributed by atoms with van der Waals surface area (Å²) in [4.78, 5) is 15.8. The van der Waals surface area contributed by atoms with Gasteiger partial charge in [-0.15, -0.1) is 0 Å². The highest BCUT2D eigenvalue weighted by atomic mass is 16.5. The first kappa shape index (κ1) is 16.4. The summed E-state index contributed by atoms with van der Waals surface area (Å²) in [6.45, 7) is 11.1. The van der Waals surface area contributed by atoms with Gasteiger partial charge in [-0.1, -0.05) is 20.8 Å². The van der Waals surface area contributed by atoms with E-state index < -0.39 is 0 Å². The molecule has 6 heteroatoms. The first-order chi connectivity index (χ1) is 10.7. The van der Waals surface area contributed by atoms with Crippen LogP contribution in [0.4, 0.5) is 11.6 Å². The van der Waals surface area contributed by atoms with Crippen molar-refractivity contribution in [1.29, 1.82) is 0 Å². The molecule has 0 spiro atoms. The second-order valence-corrected chi connectivity index (χ2v) is 4.94. The van der Waals surface area contributed by atoms with E-state index in [4.69, 9.17) is 10.5 Å². The Hall–Kier alpha value is -1.95. The number of nitrogens with two attached hydrogens (primary N) is 1. The van der Waals surface area contributed by atoms with Gasteiger partial charge in [0, 0.05) is 19.2 Å². The third-order valence-electron chi connectivity index (χ3n) is 3.51. The summed E-state index contributed by atoms with van der Waals surface area (Å²) in [6.07, 6.45) is 0.811. The predicted molar refractivity (Wildman–Crippen MR) is 90.2 cm³/mol. The Morgan fingerprint density at radius 1 is 1.18 bits per heavy atom. The summed E-state index contributed by atoms with van der Waals surface area (Å²) < 4.78 is 5.42. The molecule has 1 fully saturated rings. The quantitative estimate of drug-likeness (QED) is 0.917. The lowest BCUT2D eigenvalue weighted by Gasteiger charge is -2.29. The predicted octanol–water partition coefficient (Wildman–Crippen LogP) is 2.34. The summed E-state index contributed by atoms with van der Waals surface area (Å²) in [5.41, 5.74) is 7.71. The van der Waals surface area contributed by atoms with Crippen LogP contribution in [0.15, 0.2) is 6.07 Å². The fourth-order valence-electron chi connectivity index (χ4n) is 2.60. The molecule has 0 bridgehead atoms. The van der Waals surface area contributed by atoms with Crippen LogP contribution >= 0.6 is 0 Å². The largest absolute Gasteiger partial charge is 0.384 e. The number of ether oxygens (including phenoxy) is 1. The molecule has 1 saturated heterocycles. The molecule has 3 rings (SSSR count). The number of nitrogen functional groups attached to an aromatic ring is 1. The zero-order chi connectivity index (χ0) is 16.1. The standard InChI is InChI=1S/C14H19N5O.C2H6/c1-3-10-13-11(8-12(15)18-10)16-9(2)17-14(13)19-4-6-20-7-5-19;1-2/h8H,3-7H2,1-2H3,(H2,15,18);1-2H3. The Morgan fingerprint density at radius 3 is 2.50 bits per heavy atom. The number of hydrogen-bond donors (Lipinski definition) is 1. The van der Waals surface area contributed by atoms with Crippen LogP contribution in [0.3, 0.4) is 0 Å². The van der Waals surface area contributed by atoms with Crippen molar-refractivity contribution in [2.45, 2.75) is 34.1 Å². The highest BCUT2D eigenvalue weighted by molar-refractivity contribution is 5.93. The fraction of sp³-hybridized carbons (Fsp3) is 0.562. The van der Waals surface area contributed by atoms with E-state index in [1.165, 1.54) is 0 Å². The highest BCUT2D eigenvalue weighted by Gasteiger charge is 2.19. The van der Waals surface area contributed by atoms with E-state index in [1.54, 1.807) is 0 Å². The van der Waals surface area contributed by atoms with Gasteiger partial charge in [0.1, 0.15) is 17.5 Å². The van der Waals surface area contributed by atoms with Crippen molar-refractivity contribution in [3.05, 3.63) is 17.6 Å². The molecule has 120 valence electrons. The van der Waals surface area contributed by atoms with E-state index in [0.29, 0.717) is 5.82 Å². The van der Waals surface area contributed by atoms with Gasteiger partial charge in [0.05, 0.1) is 29.8 Å². The Balaban J connectivity index is 0.000000847. The van der Waals surface area contributed by atoms with Crippen LogP contribution in [-0.4, -0.2) is 41.3 Å². The molecule has 2 aromatic heterocycles. The van der Waals surface area contributed by atoms with Gasteiger partial charge in [0.25, 0.3) is 0 Å². The van der Waals surface area contributed by atoms with Gasteiger partial charge < -0.3 is 15.4 Å². The summed E-state index contributed by atoms with van der Waals surface area (Å²) in [5, 5.41) is 1.02. The number of hydrogen-bond acceptors (Lipinski definition) is 6. The fourth-order valence-corrected chi connectivity index (χ4v) is 2.60. The third-order valence-corrected chi connectivity index (χ3v) is 3.51. The maximum Gasteiger partial charge on any atom is 0.142 e. The Morgan fingerprint density at radius 2 is 1.86 bits per heavy atom. The second-order valence-electron chi connectivity index (χ2n) is 4.94. The van der Waals surface area contributed by atoms with Crippen molar-refractivity contribution < 1.29 is 4.74 Å². The van der Waals surface area contributed by atoms with Gasteiger partial charge in [0.15, 0.2) is 0 Å². The Bertz CT molecular complexity index is 633. The minimum Gasteiger partial charge on any atom is -0.384 e. The van der Waals surface area contributed by atoms with Crippen LogP contribution in [0.2, 0.25) is 0 Å². The van der Waals surface area contributed by atoms with Crippen LogP contribution in [0, 0.1) is 6.92 Å².